The van der Waals surface area contributed by atoms with E-state index in [2.05, 4.69) is 0 Å². The van der Waals surface area contributed by atoms with Crippen LogP contribution in [0.3, 0.4) is 0 Å². The average molecular weight is 244 g/mol. The fraction of sp³-hybridized carbons (Fsp3) is 0.500. The van der Waals surface area contributed by atoms with Crippen LogP contribution in [0.4, 0.5) is 0 Å². The summed E-state index contributed by atoms with van der Waals surface area (Å²) in [6.07, 6.45) is -0.338. The van der Waals surface area contributed by atoms with Crippen LogP contribution in [0.15, 0.2) is 18.2 Å². The number of likely N-dealkylation sites (N-methyl/N-ethyl adjacent to an activating group) is 1. The molecule has 3 nitrogen and oxygen atoms in total. The SMILES string of the molecule is COc1ccc(Cl)cc1CN(C)CC(C)O. The van der Waals surface area contributed by atoms with Crippen LogP contribution >= 0.6 is 11.6 Å². The minimum atomic E-state index is -0.338. The third kappa shape index (κ3) is 4.00. The van der Waals surface area contributed by atoms with Crippen LogP contribution in [0.2, 0.25) is 5.02 Å². The molecule has 1 rings (SSSR count). The third-order valence-electron chi connectivity index (χ3n) is 2.26. The number of rotatable bonds is 5. The van der Waals surface area contributed by atoms with Crippen molar-refractivity contribution < 1.29 is 9.84 Å². The number of hydrogen-bond acceptors (Lipinski definition) is 3. The zero-order chi connectivity index (χ0) is 12.1. The second kappa shape index (κ2) is 6.09. The number of aliphatic hydroxyl groups is 1. The molecule has 0 saturated heterocycles. The normalized spacial score (nSPS) is 12.9. The first-order valence-corrected chi connectivity index (χ1v) is 5.59. The molecule has 4 heteroatoms. The van der Waals surface area contributed by atoms with Crippen molar-refractivity contribution >= 4 is 11.6 Å². The van der Waals surface area contributed by atoms with Crippen LogP contribution in [0.25, 0.3) is 0 Å². The van der Waals surface area contributed by atoms with Crippen LogP contribution in [0.5, 0.6) is 5.75 Å². The number of ether oxygens (including phenoxy) is 1. The smallest absolute Gasteiger partial charge is 0.123 e. The maximum absolute atomic E-state index is 9.28. The lowest BCUT2D eigenvalue weighted by Gasteiger charge is -2.19. The molecular weight excluding hydrogens is 226 g/mol. The van der Waals surface area contributed by atoms with Crippen molar-refractivity contribution in [1.82, 2.24) is 4.90 Å². The van der Waals surface area contributed by atoms with Gasteiger partial charge >= 0.3 is 0 Å². The Hall–Kier alpha value is -0.770. The Balaban J connectivity index is 2.74. The number of methoxy groups -OCH3 is 1. The minimum absolute atomic E-state index is 0.338. The lowest BCUT2D eigenvalue weighted by atomic mass is 10.2. The molecule has 0 fully saturated rings. The molecular formula is C12H18ClNO2. The molecule has 1 aromatic carbocycles. The first-order valence-electron chi connectivity index (χ1n) is 5.22. The molecule has 90 valence electrons. The van der Waals surface area contributed by atoms with Crippen LogP contribution in [-0.4, -0.2) is 36.8 Å². The molecule has 1 N–H and O–H groups in total. The van der Waals surface area contributed by atoms with Crippen molar-refractivity contribution in [3.8, 4) is 5.75 Å². The summed E-state index contributed by atoms with van der Waals surface area (Å²) in [5.74, 6) is 0.821. The number of aliphatic hydroxyl groups excluding tert-OH is 1. The maximum Gasteiger partial charge on any atom is 0.123 e. The van der Waals surface area contributed by atoms with Gasteiger partial charge in [0.15, 0.2) is 0 Å². The molecule has 0 amide bonds. The van der Waals surface area contributed by atoms with Gasteiger partial charge in [-0.2, -0.15) is 0 Å². The molecule has 0 bridgehead atoms. The van der Waals surface area contributed by atoms with Gasteiger partial charge in [0.05, 0.1) is 13.2 Å². The predicted octanol–water partition coefficient (Wildman–Crippen LogP) is 2.16. The molecule has 1 unspecified atom stereocenters. The van der Waals surface area contributed by atoms with Gasteiger partial charge in [-0.15, -0.1) is 0 Å². The second-order valence-electron chi connectivity index (χ2n) is 4.00. The molecule has 0 heterocycles. The summed E-state index contributed by atoms with van der Waals surface area (Å²) >= 11 is 5.94. The summed E-state index contributed by atoms with van der Waals surface area (Å²) in [5, 5.41) is 9.98. The minimum Gasteiger partial charge on any atom is -0.496 e. The lowest BCUT2D eigenvalue weighted by Crippen LogP contribution is -2.26. The third-order valence-corrected chi connectivity index (χ3v) is 2.49. The highest BCUT2D eigenvalue weighted by atomic mass is 35.5. The van der Waals surface area contributed by atoms with E-state index in [1.807, 2.05) is 24.1 Å². The predicted molar refractivity (Wildman–Crippen MR) is 66.0 cm³/mol. The van der Waals surface area contributed by atoms with E-state index < -0.39 is 0 Å². The average Bonchev–Trinajstić information content (AvgIpc) is 2.16. The van der Waals surface area contributed by atoms with E-state index in [-0.39, 0.29) is 6.10 Å². The van der Waals surface area contributed by atoms with Gasteiger partial charge in [-0.3, -0.25) is 4.90 Å². The Morgan fingerprint density at radius 1 is 1.50 bits per heavy atom. The van der Waals surface area contributed by atoms with Crippen LogP contribution in [-0.2, 0) is 6.54 Å². The van der Waals surface area contributed by atoms with Gasteiger partial charge < -0.3 is 9.84 Å². The van der Waals surface area contributed by atoms with Gasteiger partial charge in [-0.25, -0.2) is 0 Å². The van der Waals surface area contributed by atoms with Crippen molar-refractivity contribution in [1.29, 1.82) is 0 Å². The van der Waals surface area contributed by atoms with Crippen molar-refractivity contribution in [2.24, 2.45) is 0 Å². The van der Waals surface area contributed by atoms with Crippen LogP contribution < -0.4 is 4.74 Å². The molecule has 0 saturated carbocycles. The highest BCUT2D eigenvalue weighted by Gasteiger charge is 2.08. The molecule has 0 radical (unpaired) electrons. The second-order valence-corrected chi connectivity index (χ2v) is 4.44. The highest BCUT2D eigenvalue weighted by Crippen LogP contribution is 2.23. The molecule has 0 aliphatic rings. The summed E-state index contributed by atoms with van der Waals surface area (Å²) < 4.78 is 5.26. The number of nitrogens with zero attached hydrogens (tertiary/aromatic N) is 1. The molecule has 0 aliphatic carbocycles. The van der Waals surface area contributed by atoms with Gasteiger partial charge in [-0.1, -0.05) is 11.6 Å². The number of halogens is 1. The molecule has 0 aliphatic heterocycles. The van der Waals surface area contributed by atoms with E-state index in [0.29, 0.717) is 18.1 Å². The van der Waals surface area contributed by atoms with Gasteiger partial charge in [0.1, 0.15) is 5.75 Å². The summed E-state index contributed by atoms with van der Waals surface area (Å²) in [7, 11) is 3.59. The first kappa shape index (κ1) is 13.3. The van der Waals surface area contributed by atoms with Gasteiger partial charge in [-0.05, 0) is 32.2 Å². The largest absolute Gasteiger partial charge is 0.496 e. The van der Waals surface area contributed by atoms with E-state index in [1.54, 1.807) is 20.1 Å². The zero-order valence-corrected chi connectivity index (χ0v) is 10.7. The Morgan fingerprint density at radius 3 is 2.75 bits per heavy atom. The Kier molecular flexibility index (Phi) is 5.06. The van der Waals surface area contributed by atoms with Crippen molar-refractivity contribution in [3.05, 3.63) is 28.8 Å². The van der Waals surface area contributed by atoms with E-state index in [1.165, 1.54) is 0 Å². The molecule has 0 aromatic heterocycles. The van der Waals surface area contributed by atoms with Crippen molar-refractivity contribution in [3.63, 3.8) is 0 Å². The van der Waals surface area contributed by atoms with E-state index in [9.17, 15) is 5.11 Å². The van der Waals surface area contributed by atoms with E-state index in [0.717, 1.165) is 11.3 Å². The molecule has 0 spiro atoms. The summed E-state index contributed by atoms with van der Waals surface area (Å²) in [4.78, 5) is 2.03. The summed E-state index contributed by atoms with van der Waals surface area (Å²) in [6, 6.07) is 5.55. The number of hydrogen-bond donors (Lipinski definition) is 1. The Bertz CT molecular complexity index is 342. The van der Waals surface area contributed by atoms with Crippen molar-refractivity contribution in [2.45, 2.75) is 19.6 Å². The Labute approximate surface area is 102 Å². The van der Waals surface area contributed by atoms with Crippen molar-refractivity contribution in [2.75, 3.05) is 20.7 Å². The fourth-order valence-electron chi connectivity index (χ4n) is 1.68. The fourth-order valence-corrected chi connectivity index (χ4v) is 1.87. The zero-order valence-electron chi connectivity index (χ0n) is 9.90. The molecule has 1 atom stereocenters. The monoisotopic (exact) mass is 243 g/mol. The molecule has 1 aromatic rings. The van der Waals surface area contributed by atoms with Gasteiger partial charge in [0.2, 0.25) is 0 Å². The summed E-state index contributed by atoms with van der Waals surface area (Å²) in [5.41, 5.74) is 1.03. The first-order chi connectivity index (χ1) is 7.52. The summed E-state index contributed by atoms with van der Waals surface area (Å²) in [6.45, 7) is 3.09. The topological polar surface area (TPSA) is 32.7 Å². The van der Waals surface area contributed by atoms with E-state index >= 15 is 0 Å². The van der Waals surface area contributed by atoms with Crippen LogP contribution in [0, 0.1) is 0 Å². The van der Waals surface area contributed by atoms with Gasteiger partial charge in [0, 0.05) is 23.7 Å². The Morgan fingerprint density at radius 2 is 2.19 bits per heavy atom. The van der Waals surface area contributed by atoms with Gasteiger partial charge in [0.25, 0.3) is 0 Å². The quantitative estimate of drug-likeness (QED) is 0.860. The van der Waals surface area contributed by atoms with Crippen LogP contribution in [0.1, 0.15) is 12.5 Å². The standard InChI is InChI=1S/C12H18ClNO2/c1-9(15)7-14(2)8-10-6-11(13)4-5-12(10)16-3/h4-6,9,15H,7-8H2,1-3H3. The number of benzene rings is 1. The lowest BCUT2D eigenvalue weighted by molar-refractivity contribution is 0.138. The highest BCUT2D eigenvalue weighted by molar-refractivity contribution is 6.30. The molecule has 16 heavy (non-hydrogen) atoms. The maximum atomic E-state index is 9.28. The van der Waals surface area contributed by atoms with E-state index in [4.69, 9.17) is 16.3 Å².